The average Bonchev–Trinajstić information content (AvgIpc) is 2.09. The van der Waals surface area contributed by atoms with E-state index >= 15 is 0 Å². The van der Waals surface area contributed by atoms with Crippen molar-refractivity contribution in [1.82, 2.24) is 0 Å². The number of hydrogen-bond acceptors (Lipinski definition) is 2. The molecule has 56 valence electrons. The summed E-state index contributed by atoms with van der Waals surface area (Å²) in [6.07, 6.45) is 0. The van der Waals surface area contributed by atoms with Gasteiger partial charge in [-0.25, -0.2) is 0 Å². The second kappa shape index (κ2) is 4.05. The maximum absolute atomic E-state index is 8.68. The van der Waals surface area contributed by atoms with Crippen LogP contribution in [0.2, 0.25) is 0 Å². The number of hydrogen-bond donors (Lipinski definition) is 1. The normalized spacial score (nSPS) is 12.0. The number of rotatable bonds is 2. The lowest BCUT2D eigenvalue weighted by atomic mass is 10.0. The Morgan fingerprint density at radius 3 is 2.45 bits per heavy atom. The molecule has 1 unspecified atom stereocenters. The molecule has 0 saturated carbocycles. The standard InChI is InChI=1S/C9H9NS/c10-6-9(7-11)8-4-2-1-3-5-8/h1-5,9,11H,7H2. The molecule has 0 amide bonds. The van der Waals surface area contributed by atoms with Gasteiger partial charge in [-0.3, -0.25) is 0 Å². The molecule has 1 aromatic carbocycles. The monoisotopic (exact) mass is 163 g/mol. The summed E-state index contributed by atoms with van der Waals surface area (Å²) in [7, 11) is 0. The predicted octanol–water partition coefficient (Wildman–Crippen LogP) is 2.22. The van der Waals surface area contributed by atoms with Crippen molar-refractivity contribution in [3.63, 3.8) is 0 Å². The Morgan fingerprint density at radius 2 is 2.00 bits per heavy atom. The zero-order chi connectivity index (χ0) is 8.10. The van der Waals surface area contributed by atoms with E-state index in [0.717, 1.165) is 5.56 Å². The molecule has 1 rings (SSSR count). The highest BCUT2D eigenvalue weighted by atomic mass is 32.1. The van der Waals surface area contributed by atoms with E-state index in [2.05, 4.69) is 18.7 Å². The second-order valence-electron chi connectivity index (χ2n) is 2.27. The van der Waals surface area contributed by atoms with Crippen molar-refractivity contribution in [2.45, 2.75) is 5.92 Å². The molecule has 2 heteroatoms. The molecular weight excluding hydrogens is 154 g/mol. The zero-order valence-corrected chi connectivity index (χ0v) is 6.96. The fourth-order valence-electron chi connectivity index (χ4n) is 0.906. The third kappa shape index (κ3) is 1.99. The maximum atomic E-state index is 8.68. The van der Waals surface area contributed by atoms with Gasteiger partial charge >= 0.3 is 0 Å². The summed E-state index contributed by atoms with van der Waals surface area (Å²) in [5.74, 6) is 0.514. The summed E-state index contributed by atoms with van der Waals surface area (Å²) < 4.78 is 0. The minimum atomic E-state index is -0.0699. The highest BCUT2D eigenvalue weighted by Crippen LogP contribution is 2.14. The molecule has 1 aromatic rings. The van der Waals surface area contributed by atoms with Crippen LogP contribution in [0.3, 0.4) is 0 Å². The van der Waals surface area contributed by atoms with Gasteiger partial charge < -0.3 is 0 Å². The lowest BCUT2D eigenvalue weighted by molar-refractivity contribution is 1.00. The summed E-state index contributed by atoms with van der Waals surface area (Å²) in [6.45, 7) is 0. The Bertz CT molecular complexity index is 250. The molecule has 0 heterocycles. The van der Waals surface area contributed by atoms with Crippen molar-refractivity contribution in [1.29, 1.82) is 5.26 Å². The molecule has 0 aliphatic heterocycles. The zero-order valence-electron chi connectivity index (χ0n) is 6.07. The first-order chi connectivity index (χ1) is 5.38. The molecule has 0 bridgehead atoms. The van der Waals surface area contributed by atoms with Gasteiger partial charge in [-0.1, -0.05) is 30.3 Å². The first-order valence-corrected chi connectivity index (χ1v) is 4.07. The van der Waals surface area contributed by atoms with Crippen LogP contribution < -0.4 is 0 Å². The fourth-order valence-corrected chi connectivity index (χ4v) is 1.20. The van der Waals surface area contributed by atoms with E-state index in [1.165, 1.54) is 0 Å². The summed E-state index contributed by atoms with van der Waals surface area (Å²) in [4.78, 5) is 0. The van der Waals surface area contributed by atoms with Gasteiger partial charge in [0, 0.05) is 5.75 Å². The van der Waals surface area contributed by atoms with Gasteiger partial charge in [-0.2, -0.15) is 17.9 Å². The van der Waals surface area contributed by atoms with Gasteiger partial charge in [0.15, 0.2) is 0 Å². The van der Waals surface area contributed by atoms with Gasteiger partial charge in [0.2, 0.25) is 0 Å². The second-order valence-corrected chi connectivity index (χ2v) is 2.64. The van der Waals surface area contributed by atoms with Gasteiger partial charge in [0.1, 0.15) is 0 Å². The Kier molecular flexibility index (Phi) is 3.00. The average molecular weight is 163 g/mol. The SMILES string of the molecule is N#CC(CS)c1ccccc1. The number of benzene rings is 1. The number of nitriles is 1. The van der Waals surface area contributed by atoms with E-state index in [0.29, 0.717) is 5.75 Å². The van der Waals surface area contributed by atoms with Gasteiger partial charge in [-0.15, -0.1) is 0 Å². The van der Waals surface area contributed by atoms with Crippen molar-refractivity contribution >= 4 is 12.6 Å². The molecule has 1 nitrogen and oxygen atoms in total. The van der Waals surface area contributed by atoms with Crippen LogP contribution in [0.25, 0.3) is 0 Å². The van der Waals surface area contributed by atoms with E-state index < -0.39 is 0 Å². The quantitative estimate of drug-likeness (QED) is 0.664. The molecule has 0 aliphatic carbocycles. The van der Waals surface area contributed by atoms with Crippen molar-refractivity contribution in [2.24, 2.45) is 0 Å². The lowest BCUT2D eigenvalue weighted by Gasteiger charge is -2.03. The van der Waals surface area contributed by atoms with Crippen LogP contribution in [0.1, 0.15) is 11.5 Å². The Labute approximate surface area is 72.1 Å². The summed E-state index contributed by atoms with van der Waals surface area (Å²) >= 11 is 4.08. The van der Waals surface area contributed by atoms with Crippen LogP contribution in [0.4, 0.5) is 0 Å². The summed E-state index contributed by atoms with van der Waals surface area (Å²) in [5, 5.41) is 8.68. The predicted molar refractivity (Wildman–Crippen MR) is 48.6 cm³/mol. The molecule has 0 aromatic heterocycles. The molecule has 0 saturated heterocycles. The lowest BCUT2D eigenvalue weighted by Crippen LogP contribution is -1.95. The topological polar surface area (TPSA) is 23.8 Å². The molecule has 0 spiro atoms. The molecule has 11 heavy (non-hydrogen) atoms. The summed E-state index contributed by atoms with van der Waals surface area (Å²) in [6, 6.07) is 11.9. The van der Waals surface area contributed by atoms with Crippen LogP contribution in [0, 0.1) is 11.3 Å². The van der Waals surface area contributed by atoms with Crippen molar-refractivity contribution in [3.8, 4) is 6.07 Å². The first-order valence-electron chi connectivity index (χ1n) is 3.44. The maximum Gasteiger partial charge on any atom is 0.0800 e. The molecule has 1 atom stereocenters. The van der Waals surface area contributed by atoms with Crippen LogP contribution in [-0.4, -0.2) is 5.75 Å². The van der Waals surface area contributed by atoms with Crippen LogP contribution in [0.15, 0.2) is 30.3 Å². The highest BCUT2D eigenvalue weighted by Gasteiger charge is 2.05. The van der Waals surface area contributed by atoms with Crippen LogP contribution >= 0.6 is 12.6 Å². The van der Waals surface area contributed by atoms with E-state index in [9.17, 15) is 0 Å². The minimum Gasteiger partial charge on any atom is -0.198 e. The third-order valence-corrected chi connectivity index (χ3v) is 1.91. The molecule has 0 N–H and O–H groups in total. The largest absolute Gasteiger partial charge is 0.198 e. The Hall–Kier alpha value is -0.940. The first kappa shape index (κ1) is 8.16. The van der Waals surface area contributed by atoms with Crippen molar-refractivity contribution < 1.29 is 0 Å². The van der Waals surface area contributed by atoms with E-state index in [4.69, 9.17) is 5.26 Å². The minimum absolute atomic E-state index is 0.0699. The Morgan fingerprint density at radius 1 is 1.36 bits per heavy atom. The molecule has 0 radical (unpaired) electrons. The molecule has 0 fully saturated rings. The van der Waals surface area contributed by atoms with Crippen molar-refractivity contribution in [2.75, 3.05) is 5.75 Å². The van der Waals surface area contributed by atoms with Crippen LogP contribution in [-0.2, 0) is 0 Å². The van der Waals surface area contributed by atoms with Gasteiger partial charge in [-0.05, 0) is 5.56 Å². The van der Waals surface area contributed by atoms with Gasteiger partial charge in [0.25, 0.3) is 0 Å². The van der Waals surface area contributed by atoms with E-state index in [-0.39, 0.29) is 5.92 Å². The third-order valence-electron chi connectivity index (χ3n) is 1.54. The van der Waals surface area contributed by atoms with E-state index in [1.54, 1.807) is 0 Å². The smallest absolute Gasteiger partial charge is 0.0800 e. The number of nitrogens with zero attached hydrogens (tertiary/aromatic N) is 1. The Balaban J connectivity index is 2.85. The van der Waals surface area contributed by atoms with Gasteiger partial charge in [0.05, 0.1) is 12.0 Å². The van der Waals surface area contributed by atoms with Crippen molar-refractivity contribution in [3.05, 3.63) is 35.9 Å². The number of thiol groups is 1. The molecular formula is C9H9NS. The van der Waals surface area contributed by atoms with Crippen LogP contribution in [0.5, 0.6) is 0 Å². The van der Waals surface area contributed by atoms with E-state index in [1.807, 2.05) is 30.3 Å². The molecule has 0 aliphatic rings. The fraction of sp³-hybridized carbons (Fsp3) is 0.222. The highest BCUT2D eigenvalue weighted by molar-refractivity contribution is 7.80. The summed E-state index contributed by atoms with van der Waals surface area (Å²) in [5.41, 5.74) is 1.05.